The molecule has 1 aliphatic heterocycles. The number of nitrogens with zero attached hydrogens (tertiary/aromatic N) is 1. The summed E-state index contributed by atoms with van der Waals surface area (Å²) in [7, 11) is 0. The van der Waals surface area contributed by atoms with E-state index < -0.39 is 0 Å². The Balaban J connectivity index is 2.27. The van der Waals surface area contributed by atoms with E-state index in [2.05, 4.69) is 37.4 Å². The molecule has 1 aromatic carbocycles. The molecular weight excluding hydrogens is 186 g/mol. The van der Waals surface area contributed by atoms with Gasteiger partial charge in [-0.05, 0) is 31.6 Å². The number of anilines is 1. The fraction of sp³-hybridized carbons (Fsp3) is 0.308. The third-order valence-corrected chi connectivity index (χ3v) is 2.56. The average molecular weight is 201 g/mol. The van der Waals surface area contributed by atoms with Crippen LogP contribution in [0.15, 0.2) is 36.0 Å². The number of aryl methyl sites for hydroxylation is 1. The lowest BCUT2D eigenvalue weighted by Crippen LogP contribution is -2.29. The molecule has 0 bridgehead atoms. The molecule has 0 amide bonds. The monoisotopic (exact) mass is 201 g/mol. The number of rotatable bonds is 1. The second-order valence-electron chi connectivity index (χ2n) is 4.15. The lowest BCUT2D eigenvalue weighted by Gasteiger charge is -2.24. The molecule has 2 heteroatoms. The maximum Gasteiger partial charge on any atom is 0.156 e. The van der Waals surface area contributed by atoms with Crippen molar-refractivity contribution in [1.82, 2.24) is 0 Å². The molecule has 0 fully saturated rings. The summed E-state index contributed by atoms with van der Waals surface area (Å²) in [6, 6.07) is 8.24. The van der Waals surface area contributed by atoms with Crippen molar-refractivity contribution < 1.29 is 4.79 Å². The Labute approximate surface area is 90.2 Å². The smallest absolute Gasteiger partial charge is 0.156 e. The van der Waals surface area contributed by atoms with Crippen LogP contribution < -0.4 is 4.90 Å². The summed E-state index contributed by atoms with van der Waals surface area (Å²) >= 11 is 0. The van der Waals surface area contributed by atoms with E-state index >= 15 is 0 Å². The number of carbonyl (C=O) groups excluding carboxylic acids is 1. The Morgan fingerprint density at radius 3 is 2.40 bits per heavy atom. The molecule has 0 saturated heterocycles. The van der Waals surface area contributed by atoms with Gasteiger partial charge in [-0.25, -0.2) is 0 Å². The minimum absolute atomic E-state index is 0.288. The first-order valence-electron chi connectivity index (χ1n) is 5.17. The summed E-state index contributed by atoms with van der Waals surface area (Å²) in [5, 5.41) is 0. The molecule has 0 saturated carbocycles. The van der Waals surface area contributed by atoms with Crippen molar-refractivity contribution in [3.63, 3.8) is 0 Å². The van der Waals surface area contributed by atoms with Gasteiger partial charge in [-0.1, -0.05) is 17.7 Å². The van der Waals surface area contributed by atoms with Gasteiger partial charge in [-0.2, -0.15) is 0 Å². The number of Topliss-reactive ketones (excluding diaryl/α,β-unsaturated/α-hetero) is 1. The Bertz CT molecular complexity index is 403. The first kappa shape index (κ1) is 9.97. The summed E-state index contributed by atoms with van der Waals surface area (Å²) < 4.78 is 0. The van der Waals surface area contributed by atoms with Gasteiger partial charge in [-0.15, -0.1) is 0 Å². The molecule has 0 N–H and O–H groups in total. The van der Waals surface area contributed by atoms with Gasteiger partial charge in [0.2, 0.25) is 0 Å². The van der Waals surface area contributed by atoms with Gasteiger partial charge in [-0.3, -0.25) is 4.79 Å². The molecule has 78 valence electrons. The molecule has 2 nitrogen and oxygen atoms in total. The van der Waals surface area contributed by atoms with Crippen LogP contribution in [-0.2, 0) is 4.79 Å². The Morgan fingerprint density at radius 2 is 1.80 bits per heavy atom. The summed E-state index contributed by atoms with van der Waals surface area (Å²) in [5.41, 5.74) is 3.46. The maximum atomic E-state index is 11.4. The summed E-state index contributed by atoms with van der Waals surface area (Å²) in [6.45, 7) is 4.56. The fourth-order valence-electron chi connectivity index (χ4n) is 1.82. The standard InChI is InChI=1S/C13H15NO/c1-10-3-5-12(6-4-10)14-8-11(2)7-13(15)9-14/h3-6,8H,7,9H2,1-2H3. The van der Waals surface area contributed by atoms with Crippen LogP contribution in [-0.4, -0.2) is 12.3 Å². The van der Waals surface area contributed by atoms with Crippen LogP contribution in [0.5, 0.6) is 0 Å². The summed E-state index contributed by atoms with van der Waals surface area (Å²) in [4.78, 5) is 13.5. The van der Waals surface area contributed by atoms with Gasteiger partial charge >= 0.3 is 0 Å². The average Bonchev–Trinajstić information content (AvgIpc) is 2.17. The van der Waals surface area contributed by atoms with Crippen molar-refractivity contribution in [2.45, 2.75) is 20.3 Å². The first-order valence-corrected chi connectivity index (χ1v) is 5.17. The van der Waals surface area contributed by atoms with E-state index in [-0.39, 0.29) is 5.78 Å². The van der Waals surface area contributed by atoms with Crippen molar-refractivity contribution in [2.75, 3.05) is 11.4 Å². The second kappa shape index (κ2) is 3.89. The number of hydrogen-bond donors (Lipinski definition) is 0. The van der Waals surface area contributed by atoms with Crippen LogP contribution >= 0.6 is 0 Å². The van der Waals surface area contributed by atoms with Crippen molar-refractivity contribution in [2.24, 2.45) is 0 Å². The number of carbonyl (C=O) groups is 1. The highest BCUT2D eigenvalue weighted by atomic mass is 16.1. The highest BCUT2D eigenvalue weighted by Gasteiger charge is 2.15. The van der Waals surface area contributed by atoms with E-state index in [9.17, 15) is 4.79 Å². The van der Waals surface area contributed by atoms with Crippen molar-refractivity contribution in [3.8, 4) is 0 Å². The molecule has 0 atom stereocenters. The number of benzene rings is 1. The topological polar surface area (TPSA) is 20.3 Å². The van der Waals surface area contributed by atoms with Crippen molar-refractivity contribution >= 4 is 11.5 Å². The molecule has 1 aliphatic rings. The SMILES string of the molecule is CC1=CN(c2ccc(C)cc2)CC(=O)C1. The number of hydrogen-bond acceptors (Lipinski definition) is 2. The molecule has 2 rings (SSSR count). The zero-order chi connectivity index (χ0) is 10.8. The Kier molecular flexibility index (Phi) is 2.58. The van der Waals surface area contributed by atoms with Gasteiger partial charge in [0.15, 0.2) is 5.78 Å². The largest absolute Gasteiger partial charge is 0.341 e. The van der Waals surface area contributed by atoms with Gasteiger partial charge in [0.05, 0.1) is 6.54 Å². The zero-order valence-electron chi connectivity index (χ0n) is 9.16. The first-order chi connectivity index (χ1) is 7.15. The lowest BCUT2D eigenvalue weighted by molar-refractivity contribution is -0.117. The fourth-order valence-corrected chi connectivity index (χ4v) is 1.82. The van der Waals surface area contributed by atoms with E-state index in [0.717, 1.165) is 11.3 Å². The van der Waals surface area contributed by atoms with Gasteiger partial charge in [0.25, 0.3) is 0 Å². The molecule has 0 unspecified atom stereocenters. The van der Waals surface area contributed by atoms with Crippen molar-refractivity contribution in [1.29, 1.82) is 0 Å². The maximum absolute atomic E-state index is 11.4. The number of allylic oxidation sites excluding steroid dienone is 1. The summed E-state index contributed by atoms with van der Waals surface area (Å²) in [5.74, 6) is 0.288. The molecule has 1 heterocycles. The van der Waals surface area contributed by atoms with Crippen LogP contribution in [0, 0.1) is 6.92 Å². The zero-order valence-corrected chi connectivity index (χ0v) is 9.16. The van der Waals surface area contributed by atoms with Crippen molar-refractivity contribution in [3.05, 3.63) is 41.6 Å². The minimum atomic E-state index is 0.288. The van der Waals surface area contributed by atoms with Gasteiger partial charge < -0.3 is 4.90 Å². The predicted molar refractivity (Wildman–Crippen MR) is 61.9 cm³/mol. The third kappa shape index (κ3) is 2.27. The molecule has 1 aromatic rings. The normalized spacial score (nSPS) is 16.5. The van der Waals surface area contributed by atoms with Crippen LogP contribution in [0.2, 0.25) is 0 Å². The molecule has 0 aliphatic carbocycles. The second-order valence-corrected chi connectivity index (χ2v) is 4.15. The highest BCUT2D eigenvalue weighted by molar-refractivity contribution is 5.87. The Hall–Kier alpha value is -1.57. The molecular formula is C13H15NO. The van der Waals surface area contributed by atoms with Gasteiger partial charge in [0.1, 0.15) is 0 Å². The van der Waals surface area contributed by atoms with Crippen LogP contribution in [0.1, 0.15) is 18.9 Å². The molecule has 0 radical (unpaired) electrons. The van der Waals surface area contributed by atoms with Gasteiger partial charge in [0, 0.05) is 18.3 Å². The van der Waals surface area contributed by atoms with E-state index in [4.69, 9.17) is 0 Å². The quantitative estimate of drug-likeness (QED) is 0.696. The van der Waals surface area contributed by atoms with E-state index in [1.165, 1.54) is 5.56 Å². The van der Waals surface area contributed by atoms with E-state index in [1.807, 2.05) is 11.8 Å². The van der Waals surface area contributed by atoms with E-state index in [0.29, 0.717) is 13.0 Å². The van der Waals surface area contributed by atoms with Crippen LogP contribution in [0.4, 0.5) is 5.69 Å². The van der Waals surface area contributed by atoms with E-state index in [1.54, 1.807) is 0 Å². The predicted octanol–water partition coefficient (Wildman–Crippen LogP) is 2.68. The number of ketones is 1. The summed E-state index contributed by atoms with van der Waals surface area (Å²) in [6.07, 6.45) is 2.66. The molecule has 0 spiro atoms. The lowest BCUT2D eigenvalue weighted by atomic mass is 10.1. The molecule has 0 aromatic heterocycles. The Morgan fingerprint density at radius 1 is 1.13 bits per heavy atom. The third-order valence-electron chi connectivity index (χ3n) is 2.56. The minimum Gasteiger partial charge on any atom is -0.341 e. The van der Waals surface area contributed by atoms with Crippen LogP contribution in [0.3, 0.4) is 0 Å². The molecule has 15 heavy (non-hydrogen) atoms. The van der Waals surface area contributed by atoms with Crippen LogP contribution in [0.25, 0.3) is 0 Å². The highest BCUT2D eigenvalue weighted by Crippen LogP contribution is 2.20.